The van der Waals surface area contributed by atoms with E-state index in [0.717, 1.165) is 22.4 Å². The minimum Gasteiger partial charge on any atom is -0.408 e. The first kappa shape index (κ1) is 20.3. The van der Waals surface area contributed by atoms with Gasteiger partial charge in [-0.1, -0.05) is 5.10 Å². The van der Waals surface area contributed by atoms with E-state index < -0.39 is 6.10 Å². The quantitative estimate of drug-likeness (QED) is 0.420. The maximum Gasteiger partial charge on any atom is 0.320 e. The van der Waals surface area contributed by atoms with Crippen LogP contribution in [0.15, 0.2) is 47.1 Å². The number of aliphatic hydroxyl groups excluding tert-OH is 1. The maximum atomic E-state index is 10.3. The molecule has 1 unspecified atom stereocenters. The van der Waals surface area contributed by atoms with Crippen molar-refractivity contribution in [2.75, 3.05) is 5.32 Å². The van der Waals surface area contributed by atoms with Gasteiger partial charge >= 0.3 is 6.01 Å². The van der Waals surface area contributed by atoms with E-state index in [1.54, 1.807) is 37.0 Å². The molecule has 0 radical (unpaired) electrons. The van der Waals surface area contributed by atoms with Crippen molar-refractivity contribution in [1.82, 2.24) is 34.5 Å². The fourth-order valence-electron chi connectivity index (χ4n) is 3.57. The van der Waals surface area contributed by atoms with Crippen LogP contribution in [0.2, 0.25) is 0 Å². The van der Waals surface area contributed by atoms with Crippen LogP contribution in [0.1, 0.15) is 35.9 Å². The molecule has 0 aliphatic carbocycles. The van der Waals surface area contributed by atoms with Gasteiger partial charge in [-0.15, -0.1) is 5.10 Å². The Labute approximate surface area is 188 Å². The molecule has 0 bridgehead atoms. The predicted octanol–water partition coefficient (Wildman–Crippen LogP) is 3.27. The first-order valence-corrected chi connectivity index (χ1v) is 10.1. The van der Waals surface area contributed by atoms with Gasteiger partial charge in [0.25, 0.3) is 0 Å². The molecule has 2 N–H and O–H groups in total. The van der Waals surface area contributed by atoms with E-state index in [1.165, 1.54) is 0 Å². The molecule has 33 heavy (non-hydrogen) atoms. The van der Waals surface area contributed by atoms with Crippen LogP contribution in [0.5, 0.6) is 0 Å². The van der Waals surface area contributed by atoms with E-state index in [0.29, 0.717) is 29.1 Å². The van der Waals surface area contributed by atoms with Crippen LogP contribution in [0.25, 0.3) is 22.7 Å². The molecule has 5 rings (SSSR count). The second kappa shape index (κ2) is 7.85. The third-order valence-electron chi connectivity index (χ3n) is 5.11. The summed E-state index contributed by atoms with van der Waals surface area (Å²) in [6, 6.07) is 13.3. The van der Waals surface area contributed by atoms with Gasteiger partial charge in [-0.25, -0.2) is 14.6 Å². The van der Waals surface area contributed by atoms with E-state index in [9.17, 15) is 10.4 Å². The number of hydrogen-bond donors (Lipinski definition) is 2. The molecular weight excluding hydrogens is 422 g/mol. The first-order valence-electron chi connectivity index (χ1n) is 10.1. The SMILES string of the molecule is Cc1nnc(Nc2ccc3c(c2)ncn3-c2ccc(C(C)O)c(-n3nc(C#N)cc3C)n2)o1. The van der Waals surface area contributed by atoms with Crippen molar-refractivity contribution in [2.24, 2.45) is 0 Å². The summed E-state index contributed by atoms with van der Waals surface area (Å²) in [6.45, 7) is 5.22. The third kappa shape index (κ3) is 3.68. The summed E-state index contributed by atoms with van der Waals surface area (Å²) in [4.78, 5) is 9.26. The van der Waals surface area contributed by atoms with Gasteiger partial charge < -0.3 is 14.8 Å². The number of benzene rings is 1. The zero-order valence-electron chi connectivity index (χ0n) is 18.1. The normalized spacial score (nSPS) is 12.1. The number of aliphatic hydroxyl groups is 1. The number of hydrogen-bond acceptors (Lipinski definition) is 9. The topological polar surface area (TPSA) is 144 Å². The van der Waals surface area contributed by atoms with Crippen molar-refractivity contribution in [2.45, 2.75) is 26.9 Å². The second-order valence-electron chi connectivity index (χ2n) is 7.52. The van der Waals surface area contributed by atoms with Crippen molar-refractivity contribution < 1.29 is 9.52 Å². The number of fused-ring (bicyclic) bond motifs is 1. The molecule has 0 saturated carbocycles. The van der Waals surface area contributed by atoms with Gasteiger partial charge in [0.05, 0.1) is 17.1 Å². The number of aryl methyl sites for hydroxylation is 2. The monoisotopic (exact) mass is 441 g/mol. The summed E-state index contributed by atoms with van der Waals surface area (Å²) >= 11 is 0. The fourth-order valence-corrected chi connectivity index (χ4v) is 3.57. The highest BCUT2D eigenvalue weighted by molar-refractivity contribution is 5.81. The number of nitrogens with zero attached hydrogens (tertiary/aromatic N) is 8. The summed E-state index contributed by atoms with van der Waals surface area (Å²) in [5.41, 5.74) is 3.94. The number of imidazole rings is 1. The zero-order chi connectivity index (χ0) is 23.1. The highest BCUT2D eigenvalue weighted by atomic mass is 16.4. The Morgan fingerprint density at radius 1 is 1.15 bits per heavy atom. The van der Waals surface area contributed by atoms with E-state index in [1.807, 2.05) is 41.8 Å². The number of nitrogens with one attached hydrogen (secondary N) is 1. The van der Waals surface area contributed by atoms with Crippen molar-refractivity contribution in [3.8, 4) is 17.7 Å². The summed E-state index contributed by atoms with van der Waals surface area (Å²) < 4.78 is 8.77. The molecule has 0 saturated heterocycles. The molecule has 11 heteroatoms. The maximum absolute atomic E-state index is 10.3. The molecular formula is C22H19N9O2. The highest BCUT2D eigenvalue weighted by Gasteiger charge is 2.17. The van der Waals surface area contributed by atoms with Crippen molar-refractivity contribution in [3.63, 3.8) is 0 Å². The minimum atomic E-state index is -0.766. The minimum absolute atomic E-state index is 0.279. The molecule has 0 spiro atoms. The molecule has 4 heterocycles. The fraction of sp³-hybridized carbons (Fsp3) is 0.182. The van der Waals surface area contributed by atoms with E-state index in [2.05, 4.69) is 25.6 Å². The van der Waals surface area contributed by atoms with Gasteiger partial charge in [0.2, 0.25) is 5.89 Å². The van der Waals surface area contributed by atoms with Crippen LogP contribution in [0.3, 0.4) is 0 Å². The van der Waals surface area contributed by atoms with E-state index in [-0.39, 0.29) is 5.69 Å². The average Bonchev–Trinajstić information content (AvgIpc) is 3.51. The van der Waals surface area contributed by atoms with Crippen molar-refractivity contribution in [3.05, 3.63) is 65.6 Å². The molecule has 164 valence electrons. The number of rotatable bonds is 5. The lowest BCUT2D eigenvalue weighted by atomic mass is 10.1. The third-order valence-corrected chi connectivity index (χ3v) is 5.11. The number of pyridine rings is 1. The summed E-state index contributed by atoms with van der Waals surface area (Å²) in [5.74, 6) is 1.52. The summed E-state index contributed by atoms with van der Waals surface area (Å²) in [7, 11) is 0. The Morgan fingerprint density at radius 3 is 2.70 bits per heavy atom. The van der Waals surface area contributed by atoms with Crippen LogP contribution in [0.4, 0.5) is 11.7 Å². The molecule has 0 fully saturated rings. The highest BCUT2D eigenvalue weighted by Crippen LogP contribution is 2.26. The number of anilines is 2. The molecule has 1 aromatic carbocycles. The van der Waals surface area contributed by atoms with Crippen LogP contribution < -0.4 is 5.32 Å². The second-order valence-corrected chi connectivity index (χ2v) is 7.52. The van der Waals surface area contributed by atoms with Crippen molar-refractivity contribution in [1.29, 1.82) is 5.26 Å². The van der Waals surface area contributed by atoms with E-state index >= 15 is 0 Å². The first-order chi connectivity index (χ1) is 15.9. The smallest absolute Gasteiger partial charge is 0.320 e. The molecule has 0 amide bonds. The van der Waals surface area contributed by atoms with Gasteiger partial charge in [0, 0.05) is 23.9 Å². The Hall–Kier alpha value is -4.56. The number of nitriles is 1. The van der Waals surface area contributed by atoms with Crippen molar-refractivity contribution >= 4 is 22.7 Å². The average molecular weight is 441 g/mol. The molecule has 11 nitrogen and oxygen atoms in total. The van der Waals surface area contributed by atoms with Gasteiger partial charge in [0.15, 0.2) is 11.5 Å². The standard InChI is InChI=1S/C22H19N9O2/c1-12-8-16(10-23)29-31(12)21-17(13(2)32)5-7-20(26-21)30-11-24-18-9-15(4-6-19(18)30)25-22-28-27-14(3)33-22/h4-9,11,13,32H,1-3H3,(H,25,28). The lowest BCUT2D eigenvalue weighted by Crippen LogP contribution is -2.10. The Balaban J connectivity index is 1.57. The number of aromatic nitrogens is 7. The lowest BCUT2D eigenvalue weighted by molar-refractivity contribution is 0.198. The van der Waals surface area contributed by atoms with Gasteiger partial charge in [0.1, 0.15) is 18.2 Å². The molecule has 0 aliphatic heterocycles. The zero-order valence-corrected chi connectivity index (χ0v) is 18.1. The van der Waals surface area contributed by atoms with Gasteiger partial charge in [-0.3, -0.25) is 4.57 Å². The van der Waals surface area contributed by atoms with Crippen LogP contribution in [-0.2, 0) is 0 Å². The Bertz CT molecular complexity index is 1520. The predicted molar refractivity (Wildman–Crippen MR) is 118 cm³/mol. The van der Waals surface area contributed by atoms with Crippen LogP contribution in [-0.4, -0.2) is 39.6 Å². The van der Waals surface area contributed by atoms with Gasteiger partial charge in [-0.05, 0) is 50.2 Å². The van der Waals surface area contributed by atoms with Crippen LogP contribution in [0, 0.1) is 25.2 Å². The lowest BCUT2D eigenvalue weighted by Gasteiger charge is -2.14. The Morgan fingerprint density at radius 2 is 2.00 bits per heavy atom. The molecule has 1 atom stereocenters. The van der Waals surface area contributed by atoms with Crippen LogP contribution >= 0.6 is 0 Å². The Kier molecular flexibility index (Phi) is 4.84. The molecule has 0 aliphatic rings. The molecule has 5 aromatic rings. The largest absolute Gasteiger partial charge is 0.408 e. The van der Waals surface area contributed by atoms with E-state index in [4.69, 9.17) is 9.40 Å². The summed E-state index contributed by atoms with van der Waals surface area (Å²) in [6.07, 6.45) is 0.910. The molecule has 4 aromatic heterocycles. The van der Waals surface area contributed by atoms with Gasteiger partial charge in [-0.2, -0.15) is 10.4 Å². The summed E-state index contributed by atoms with van der Waals surface area (Å²) in [5, 5.41) is 34.6.